The molecular formula is C18H17ClN6O5S2. The van der Waals surface area contributed by atoms with Crippen LogP contribution in [0.25, 0.3) is 0 Å². The fraction of sp³-hybridized carbons (Fsp3) is 0.167. The number of aromatic amines is 1. The number of thioether (sulfide) groups is 1. The van der Waals surface area contributed by atoms with Gasteiger partial charge in [0.05, 0.1) is 16.2 Å². The molecule has 0 saturated carbocycles. The molecule has 3 aromatic rings. The van der Waals surface area contributed by atoms with Crippen molar-refractivity contribution in [1.82, 2.24) is 20.2 Å². The predicted molar refractivity (Wildman–Crippen MR) is 119 cm³/mol. The Balaban J connectivity index is 1.67. The Morgan fingerprint density at radius 3 is 2.53 bits per heavy atom. The van der Waals surface area contributed by atoms with E-state index in [1.165, 1.54) is 36.4 Å². The molecule has 11 nitrogen and oxygen atoms in total. The topological polar surface area (TPSA) is 167 Å². The number of anilines is 2. The van der Waals surface area contributed by atoms with Crippen molar-refractivity contribution in [3.05, 3.63) is 58.0 Å². The molecule has 168 valence electrons. The Kier molecular flexibility index (Phi) is 7.33. The standard InChI is InChI=1S/C18H17ClN6O5S2/c1-2-12(31-18-21-15(26)9-16(27)22-18)17(28)20-10-3-5-11(6-4-10)32(29,30)25-14-8-7-13(19)23-24-14/h3-9,12H,2H2,1H3,(H,20,28)(H,24,25)(H2,21,22,26,27). The molecule has 1 aromatic carbocycles. The van der Waals surface area contributed by atoms with Gasteiger partial charge in [0.2, 0.25) is 11.8 Å². The van der Waals surface area contributed by atoms with Gasteiger partial charge in [-0.2, -0.15) is 4.98 Å². The Bertz CT molecular complexity index is 1270. The maximum absolute atomic E-state index is 12.6. The van der Waals surface area contributed by atoms with Crippen LogP contribution in [-0.4, -0.2) is 44.8 Å². The maximum Gasteiger partial charge on any atom is 0.263 e. The van der Waals surface area contributed by atoms with E-state index < -0.39 is 26.7 Å². The van der Waals surface area contributed by atoms with Crippen molar-refractivity contribution < 1.29 is 18.3 Å². The number of hydrogen-bond donors (Lipinski definition) is 4. The molecule has 2 heterocycles. The predicted octanol–water partition coefficient (Wildman–Crippen LogP) is 2.23. The summed E-state index contributed by atoms with van der Waals surface area (Å²) in [6, 6.07) is 9.22. The van der Waals surface area contributed by atoms with E-state index in [0.29, 0.717) is 12.1 Å². The van der Waals surface area contributed by atoms with Gasteiger partial charge >= 0.3 is 0 Å². The summed E-state index contributed by atoms with van der Waals surface area (Å²) in [6.45, 7) is 1.78. The number of aromatic nitrogens is 4. The number of benzene rings is 1. The smallest absolute Gasteiger partial charge is 0.263 e. The van der Waals surface area contributed by atoms with Gasteiger partial charge in [0, 0.05) is 5.69 Å². The number of amides is 1. The maximum atomic E-state index is 12.6. The van der Waals surface area contributed by atoms with Crippen LogP contribution in [0.15, 0.2) is 57.3 Å². The third-order valence-electron chi connectivity index (χ3n) is 3.93. The van der Waals surface area contributed by atoms with E-state index in [1.54, 1.807) is 6.92 Å². The first-order chi connectivity index (χ1) is 15.2. The zero-order valence-corrected chi connectivity index (χ0v) is 18.8. The largest absolute Gasteiger partial charge is 0.493 e. The molecule has 14 heteroatoms. The molecule has 1 unspecified atom stereocenters. The van der Waals surface area contributed by atoms with Crippen LogP contribution in [0.1, 0.15) is 13.3 Å². The number of aromatic hydroxyl groups is 1. The molecular weight excluding hydrogens is 480 g/mol. The highest BCUT2D eigenvalue weighted by Crippen LogP contribution is 2.24. The van der Waals surface area contributed by atoms with Crippen molar-refractivity contribution in [3.63, 3.8) is 0 Å². The lowest BCUT2D eigenvalue weighted by Crippen LogP contribution is -2.25. The summed E-state index contributed by atoms with van der Waals surface area (Å²) in [5.74, 6) is -0.816. The highest BCUT2D eigenvalue weighted by atomic mass is 35.5. The Morgan fingerprint density at radius 2 is 1.94 bits per heavy atom. The van der Waals surface area contributed by atoms with E-state index in [4.69, 9.17) is 11.6 Å². The van der Waals surface area contributed by atoms with Crippen LogP contribution in [0.2, 0.25) is 5.15 Å². The van der Waals surface area contributed by atoms with Crippen molar-refractivity contribution in [2.75, 3.05) is 10.0 Å². The van der Waals surface area contributed by atoms with Crippen LogP contribution >= 0.6 is 23.4 Å². The van der Waals surface area contributed by atoms with Crippen LogP contribution in [0.5, 0.6) is 5.88 Å². The Labute approximate surface area is 191 Å². The lowest BCUT2D eigenvalue weighted by Gasteiger charge is -2.14. The lowest BCUT2D eigenvalue weighted by molar-refractivity contribution is -0.115. The third kappa shape index (κ3) is 6.18. The van der Waals surface area contributed by atoms with Crippen molar-refractivity contribution >= 4 is 50.8 Å². The van der Waals surface area contributed by atoms with Gasteiger partial charge < -0.3 is 15.4 Å². The molecule has 3 rings (SSSR count). The number of sulfonamides is 1. The average molecular weight is 497 g/mol. The van der Waals surface area contributed by atoms with Gasteiger partial charge in [-0.15, -0.1) is 10.2 Å². The number of nitrogens with one attached hydrogen (secondary N) is 3. The van der Waals surface area contributed by atoms with Gasteiger partial charge in [-0.05, 0) is 42.8 Å². The highest BCUT2D eigenvalue weighted by molar-refractivity contribution is 8.00. The molecule has 0 saturated heterocycles. The minimum absolute atomic E-state index is 0.00758. The van der Waals surface area contributed by atoms with Crippen LogP contribution < -0.4 is 15.6 Å². The zero-order chi connectivity index (χ0) is 23.3. The fourth-order valence-corrected chi connectivity index (χ4v) is 4.45. The normalized spacial score (nSPS) is 12.2. The van der Waals surface area contributed by atoms with Gasteiger partial charge in [-0.1, -0.05) is 30.3 Å². The van der Waals surface area contributed by atoms with Gasteiger partial charge in [0.15, 0.2) is 16.1 Å². The van der Waals surface area contributed by atoms with E-state index in [9.17, 15) is 23.1 Å². The molecule has 1 atom stereocenters. The number of rotatable bonds is 8. The second-order valence-corrected chi connectivity index (χ2v) is 9.54. The minimum atomic E-state index is -3.92. The SMILES string of the molecule is CCC(Sc1nc(O)cc(=O)[nH]1)C(=O)Nc1ccc(S(=O)(=O)Nc2ccc(Cl)nn2)cc1. The summed E-state index contributed by atoms with van der Waals surface area (Å²) in [7, 11) is -3.92. The highest BCUT2D eigenvalue weighted by Gasteiger charge is 2.21. The quantitative estimate of drug-likeness (QED) is 0.270. The van der Waals surface area contributed by atoms with Gasteiger partial charge in [0.1, 0.15) is 0 Å². The number of nitrogens with zero attached hydrogens (tertiary/aromatic N) is 3. The fourth-order valence-electron chi connectivity index (χ4n) is 2.44. The summed E-state index contributed by atoms with van der Waals surface area (Å²) in [5, 5.41) is 19.0. The van der Waals surface area contributed by atoms with Crippen molar-refractivity contribution in [2.24, 2.45) is 0 Å². The average Bonchev–Trinajstić information content (AvgIpc) is 2.73. The van der Waals surface area contributed by atoms with Crippen molar-refractivity contribution in [3.8, 4) is 5.88 Å². The number of carbonyl (C=O) groups excluding carboxylic acids is 1. The van der Waals surface area contributed by atoms with Gasteiger partial charge in [0.25, 0.3) is 15.6 Å². The Hall–Kier alpha value is -3.16. The first-order valence-corrected chi connectivity index (χ1v) is 11.8. The molecule has 2 aromatic heterocycles. The van der Waals surface area contributed by atoms with Crippen molar-refractivity contribution in [2.45, 2.75) is 28.6 Å². The third-order valence-corrected chi connectivity index (χ3v) is 6.75. The molecule has 0 bridgehead atoms. The first kappa shape index (κ1) is 23.5. The number of hydrogen-bond acceptors (Lipinski definition) is 9. The molecule has 0 spiro atoms. The summed E-state index contributed by atoms with van der Waals surface area (Å²) in [4.78, 5) is 30.2. The second kappa shape index (κ2) is 9.97. The van der Waals surface area contributed by atoms with E-state index in [2.05, 4.69) is 30.2 Å². The monoisotopic (exact) mass is 496 g/mol. The molecule has 1 amide bonds. The molecule has 0 aliphatic rings. The number of H-pyrrole nitrogens is 1. The second-order valence-electron chi connectivity index (χ2n) is 6.28. The summed E-state index contributed by atoms with van der Waals surface area (Å²) in [5.41, 5.74) is -0.165. The summed E-state index contributed by atoms with van der Waals surface area (Å²) >= 11 is 6.62. The number of carbonyl (C=O) groups is 1. The van der Waals surface area contributed by atoms with E-state index >= 15 is 0 Å². The minimum Gasteiger partial charge on any atom is -0.493 e. The summed E-state index contributed by atoms with van der Waals surface area (Å²) in [6.07, 6.45) is 0.411. The number of halogens is 1. The van der Waals surface area contributed by atoms with Crippen molar-refractivity contribution in [1.29, 1.82) is 0 Å². The van der Waals surface area contributed by atoms with Crippen LogP contribution in [0, 0.1) is 0 Å². The molecule has 0 radical (unpaired) electrons. The van der Waals surface area contributed by atoms with Crippen LogP contribution in [0.4, 0.5) is 11.5 Å². The van der Waals surface area contributed by atoms with E-state index in [-0.39, 0.29) is 26.9 Å². The molecule has 0 fully saturated rings. The van der Waals surface area contributed by atoms with Gasteiger partial charge in [-0.25, -0.2) is 8.42 Å². The lowest BCUT2D eigenvalue weighted by atomic mass is 10.3. The Morgan fingerprint density at radius 1 is 1.22 bits per heavy atom. The summed E-state index contributed by atoms with van der Waals surface area (Å²) < 4.78 is 27.2. The van der Waals surface area contributed by atoms with E-state index in [1.807, 2.05) is 0 Å². The first-order valence-electron chi connectivity index (χ1n) is 9.06. The molecule has 32 heavy (non-hydrogen) atoms. The molecule has 0 aliphatic carbocycles. The van der Waals surface area contributed by atoms with Crippen LogP contribution in [-0.2, 0) is 14.8 Å². The molecule has 4 N–H and O–H groups in total. The zero-order valence-electron chi connectivity index (χ0n) is 16.4. The van der Waals surface area contributed by atoms with Gasteiger partial charge in [-0.3, -0.25) is 14.3 Å². The van der Waals surface area contributed by atoms with E-state index in [0.717, 1.165) is 17.8 Å². The molecule has 0 aliphatic heterocycles. The van der Waals surface area contributed by atoms with Crippen LogP contribution in [0.3, 0.4) is 0 Å².